The quantitative estimate of drug-likeness (QED) is 0.665. The third-order valence-corrected chi connectivity index (χ3v) is 2.43. The van der Waals surface area contributed by atoms with Crippen LogP contribution in [0.15, 0.2) is 0 Å². The van der Waals surface area contributed by atoms with E-state index < -0.39 is 5.92 Å². The van der Waals surface area contributed by atoms with Gasteiger partial charge in [0.1, 0.15) is 5.78 Å². The maximum absolute atomic E-state index is 12.7. The highest BCUT2D eigenvalue weighted by Gasteiger charge is 2.36. The van der Waals surface area contributed by atoms with Gasteiger partial charge in [0, 0.05) is 18.8 Å². The molecule has 72 valence electrons. The van der Waals surface area contributed by atoms with Gasteiger partial charge in [-0.05, 0) is 12.8 Å². The Bertz CT molecular complexity index is 234. The van der Waals surface area contributed by atoms with Crippen molar-refractivity contribution in [3.8, 4) is 6.07 Å². The normalized spacial score (nSPS) is 22.2. The number of hydrogen-bond donors (Lipinski definition) is 0. The topological polar surface area (TPSA) is 40.9 Å². The van der Waals surface area contributed by atoms with Crippen LogP contribution in [0, 0.1) is 17.2 Å². The number of hydrogen-bond acceptors (Lipinski definition) is 2. The van der Waals surface area contributed by atoms with Gasteiger partial charge in [-0.1, -0.05) is 0 Å². The minimum atomic E-state index is -2.59. The molecule has 0 aromatic heterocycles. The zero-order valence-corrected chi connectivity index (χ0v) is 7.22. The number of halogens is 2. The van der Waals surface area contributed by atoms with Gasteiger partial charge in [-0.25, -0.2) is 8.78 Å². The lowest BCUT2D eigenvalue weighted by molar-refractivity contribution is -0.126. The molecule has 0 saturated heterocycles. The summed E-state index contributed by atoms with van der Waals surface area (Å²) in [5.41, 5.74) is 0. The summed E-state index contributed by atoms with van der Waals surface area (Å²) in [6.07, 6.45) is -0.110. The summed E-state index contributed by atoms with van der Waals surface area (Å²) in [6.45, 7) is 0. The van der Waals surface area contributed by atoms with Gasteiger partial charge in [0.25, 0.3) is 0 Å². The summed E-state index contributed by atoms with van der Waals surface area (Å²) in [5.74, 6) is -3.08. The van der Waals surface area contributed by atoms with Crippen molar-refractivity contribution in [3.63, 3.8) is 0 Å². The SMILES string of the molecule is N#CCC(=O)C1CCC(F)(F)CC1. The largest absolute Gasteiger partial charge is 0.298 e. The average molecular weight is 187 g/mol. The van der Waals surface area contributed by atoms with E-state index in [9.17, 15) is 13.6 Å². The van der Waals surface area contributed by atoms with Crippen molar-refractivity contribution in [2.24, 2.45) is 5.92 Å². The van der Waals surface area contributed by atoms with Crippen molar-refractivity contribution < 1.29 is 13.6 Å². The highest BCUT2D eigenvalue weighted by Crippen LogP contribution is 2.36. The Labute approximate surface area is 75.5 Å². The number of alkyl halides is 2. The van der Waals surface area contributed by atoms with Crippen LogP contribution < -0.4 is 0 Å². The molecule has 1 fully saturated rings. The molecule has 0 aromatic rings. The molecular weight excluding hydrogens is 176 g/mol. The van der Waals surface area contributed by atoms with Gasteiger partial charge in [0.05, 0.1) is 12.5 Å². The molecule has 13 heavy (non-hydrogen) atoms. The summed E-state index contributed by atoms with van der Waals surface area (Å²) in [6, 6.07) is 1.75. The smallest absolute Gasteiger partial charge is 0.248 e. The molecule has 0 spiro atoms. The van der Waals surface area contributed by atoms with E-state index in [-0.39, 0.29) is 43.8 Å². The van der Waals surface area contributed by atoms with Crippen LogP contribution in [0.4, 0.5) is 8.78 Å². The van der Waals surface area contributed by atoms with Crippen LogP contribution in [0.3, 0.4) is 0 Å². The van der Waals surface area contributed by atoms with E-state index >= 15 is 0 Å². The van der Waals surface area contributed by atoms with Crippen molar-refractivity contribution >= 4 is 5.78 Å². The zero-order chi connectivity index (χ0) is 9.90. The van der Waals surface area contributed by atoms with E-state index in [0.717, 1.165) is 0 Å². The molecule has 0 aromatic carbocycles. The van der Waals surface area contributed by atoms with Crippen molar-refractivity contribution in [2.45, 2.75) is 38.0 Å². The number of carbonyl (C=O) groups excluding carboxylic acids is 1. The first-order chi connectivity index (χ1) is 6.05. The van der Waals surface area contributed by atoms with Crippen molar-refractivity contribution in [3.05, 3.63) is 0 Å². The van der Waals surface area contributed by atoms with E-state index in [1.807, 2.05) is 0 Å². The zero-order valence-electron chi connectivity index (χ0n) is 7.22. The summed E-state index contributed by atoms with van der Waals surface area (Å²) >= 11 is 0. The maximum Gasteiger partial charge on any atom is 0.248 e. The molecule has 1 aliphatic carbocycles. The number of rotatable bonds is 2. The second kappa shape index (κ2) is 3.82. The van der Waals surface area contributed by atoms with Crippen LogP contribution in [0.5, 0.6) is 0 Å². The van der Waals surface area contributed by atoms with Crippen LogP contribution >= 0.6 is 0 Å². The van der Waals surface area contributed by atoms with Crippen LogP contribution in [-0.4, -0.2) is 11.7 Å². The minimum absolute atomic E-state index is 0.143. The third kappa shape index (κ3) is 2.76. The Kier molecular flexibility index (Phi) is 2.97. The standard InChI is InChI=1S/C9H11F2NO/c10-9(11)4-1-7(2-5-9)8(13)3-6-12/h7H,1-5H2. The van der Waals surface area contributed by atoms with Gasteiger partial charge < -0.3 is 0 Å². The van der Waals surface area contributed by atoms with Gasteiger partial charge in [0.15, 0.2) is 0 Å². The number of carbonyl (C=O) groups is 1. The molecule has 0 bridgehead atoms. The second-order valence-corrected chi connectivity index (χ2v) is 3.43. The molecule has 0 atom stereocenters. The van der Waals surface area contributed by atoms with Gasteiger partial charge in [0.2, 0.25) is 5.92 Å². The molecule has 2 nitrogen and oxygen atoms in total. The molecule has 0 unspecified atom stereocenters. The highest BCUT2D eigenvalue weighted by molar-refractivity contribution is 5.82. The van der Waals surface area contributed by atoms with E-state index in [2.05, 4.69) is 0 Å². The first-order valence-electron chi connectivity index (χ1n) is 4.33. The molecular formula is C9H11F2NO. The second-order valence-electron chi connectivity index (χ2n) is 3.43. The van der Waals surface area contributed by atoms with E-state index in [1.54, 1.807) is 6.07 Å². The van der Waals surface area contributed by atoms with E-state index in [1.165, 1.54) is 0 Å². The van der Waals surface area contributed by atoms with Crippen LogP contribution in [0.25, 0.3) is 0 Å². The average Bonchev–Trinajstić information content (AvgIpc) is 2.04. The number of nitrogens with zero attached hydrogens (tertiary/aromatic N) is 1. The Morgan fingerprint density at radius 2 is 2.00 bits per heavy atom. The first-order valence-corrected chi connectivity index (χ1v) is 4.33. The molecule has 0 radical (unpaired) electrons. The van der Waals surface area contributed by atoms with Crippen molar-refractivity contribution in [1.29, 1.82) is 5.26 Å². The first kappa shape index (κ1) is 10.1. The fraction of sp³-hybridized carbons (Fsp3) is 0.778. The Balaban J connectivity index is 2.42. The third-order valence-electron chi connectivity index (χ3n) is 2.43. The van der Waals surface area contributed by atoms with Gasteiger partial charge in [-0.2, -0.15) is 5.26 Å². The molecule has 0 N–H and O–H groups in total. The van der Waals surface area contributed by atoms with Crippen molar-refractivity contribution in [2.75, 3.05) is 0 Å². The van der Waals surface area contributed by atoms with E-state index in [4.69, 9.17) is 5.26 Å². The lowest BCUT2D eigenvalue weighted by atomic mass is 9.83. The van der Waals surface area contributed by atoms with Crippen molar-refractivity contribution in [1.82, 2.24) is 0 Å². The number of ketones is 1. The molecule has 4 heteroatoms. The molecule has 1 rings (SSSR count). The fourth-order valence-corrected chi connectivity index (χ4v) is 1.58. The molecule has 0 amide bonds. The molecule has 0 heterocycles. The Hall–Kier alpha value is -0.980. The summed E-state index contributed by atoms with van der Waals surface area (Å²) in [7, 11) is 0. The van der Waals surface area contributed by atoms with Crippen LogP contribution in [0.2, 0.25) is 0 Å². The summed E-state index contributed by atoms with van der Waals surface area (Å²) in [5, 5.41) is 8.25. The van der Waals surface area contributed by atoms with Crippen LogP contribution in [0.1, 0.15) is 32.1 Å². The molecule has 1 aliphatic rings. The molecule has 0 aliphatic heterocycles. The van der Waals surface area contributed by atoms with Gasteiger partial charge in [-0.15, -0.1) is 0 Å². The summed E-state index contributed by atoms with van der Waals surface area (Å²) < 4.78 is 25.3. The van der Waals surface area contributed by atoms with Gasteiger partial charge >= 0.3 is 0 Å². The van der Waals surface area contributed by atoms with Gasteiger partial charge in [-0.3, -0.25) is 4.79 Å². The molecule has 1 saturated carbocycles. The van der Waals surface area contributed by atoms with E-state index in [0.29, 0.717) is 0 Å². The Morgan fingerprint density at radius 3 is 2.46 bits per heavy atom. The number of nitriles is 1. The maximum atomic E-state index is 12.7. The predicted octanol–water partition coefficient (Wildman–Crippen LogP) is 2.29. The monoisotopic (exact) mass is 187 g/mol. The lowest BCUT2D eigenvalue weighted by Crippen LogP contribution is -2.28. The Morgan fingerprint density at radius 1 is 1.46 bits per heavy atom. The minimum Gasteiger partial charge on any atom is -0.298 e. The predicted molar refractivity (Wildman–Crippen MR) is 42.1 cm³/mol. The summed E-state index contributed by atoms with van der Waals surface area (Å²) in [4.78, 5) is 11.1. The van der Waals surface area contributed by atoms with Crippen LogP contribution in [-0.2, 0) is 4.79 Å². The fourth-order valence-electron chi connectivity index (χ4n) is 1.58. The number of Topliss-reactive ketones (excluding diaryl/α,β-unsaturated/α-hetero) is 1. The highest BCUT2D eigenvalue weighted by atomic mass is 19.3. The lowest BCUT2D eigenvalue weighted by Gasteiger charge is -2.26.